The number of amides is 3. The van der Waals surface area contributed by atoms with Crippen LogP contribution in [0.2, 0.25) is 0 Å². The highest BCUT2D eigenvalue weighted by atomic mass is 16.6. The third-order valence-electron chi connectivity index (χ3n) is 6.10. The van der Waals surface area contributed by atoms with Crippen LogP contribution >= 0.6 is 0 Å². The lowest BCUT2D eigenvalue weighted by Crippen LogP contribution is -2.40. The van der Waals surface area contributed by atoms with Gasteiger partial charge in [-0.15, -0.1) is 0 Å². The number of urea groups is 1. The molecule has 33 heavy (non-hydrogen) atoms. The fourth-order valence-electron chi connectivity index (χ4n) is 4.27. The monoisotopic (exact) mass is 449 g/mol. The van der Waals surface area contributed by atoms with E-state index in [-0.39, 0.29) is 18.2 Å². The lowest BCUT2D eigenvalue weighted by Gasteiger charge is -2.22. The van der Waals surface area contributed by atoms with Gasteiger partial charge >= 0.3 is 11.7 Å². The van der Waals surface area contributed by atoms with E-state index in [4.69, 9.17) is 4.42 Å². The van der Waals surface area contributed by atoms with Crippen molar-refractivity contribution in [3.05, 3.63) is 85.3 Å². The largest absolute Gasteiger partial charge is 0.423 e. The molecule has 1 saturated heterocycles. The van der Waals surface area contributed by atoms with Crippen molar-refractivity contribution in [1.82, 2.24) is 10.2 Å². The smallest absolute Gasteiger partial charge is 0.336 e. The van der Waals surface area contributed by atoms with Crippen molar-refractivity contribution in [2.24, 2.45) is 0 Å². The van der Waals surface area contributed by atoms with E-state index in [1.807, 2.05) is 13.0 Å². The molecule has 1 aromatic heterocycles. The topological polar surface area (TPSA) is 123 Å². The quantitative estimate of drug-likeness (QED) is 0.271. The van der Waals surface area contributed by atoms with Crippen molar-refractivity contribution in [3.8, 4) is 0 Å². The third kappa shape index (κ3) is 3.75. The number of imide groups is 1. The molecule has 1 aliphatic rings. The zero-order chi connectivity index (χ0) is 24.1. The van der Waals surface area contributed by atoms with E-state index in [0.717, 1.165) is 16.0 Å². The summed E-state index contributed by atoms with van der Waals surface area (Å²) in [5.41, 5.74) is 1.30. The Morgan fingerprint density at radius 2 is 1.79 bits per heavy atom. The molecule has 1 atom stereocenters. The SMILES string of the molecule is Cc1cc2oc(=O)cc(CN3C(=O)NC(C)(c4ccc([N+](=O)[O-])cc4)C3=O)c2cc1C(C)C. The van der Waals surface area contributed by atoms with Crippen LogP contribution in [-0.4, -0.2) is 21.8 Å². The number of rotatable bonds is 5. The van der Waals surface area contributed by atoms with Gasteiger partial charge in [0.15, 0.2) is 0 Å². The second kappa shape index (κ2) is 7.84. The van der Waals surface area contributed by atoms with Crippen molar-refractivity contribution in [1.29, 1.82) is 0 Å². The number of nitro benzene ring substituents is 1. The predicted molar refractivity (Wildman–Crippen MR) is 121 cm³/mol. The molecular weight excluding hydrogens is 426 g/mol. The highest BCUT2D eigenvalue weighted by molar-refractivity contribution is 6.07. The summed E-state index contributed by atoms with van der Waals surface area (Å²) < 4.78 is 5.36. The number of hydrogen-bond donors (Lipinski definition) is 1. The van der Waals surface area contributed by atoms with Crippen molar-refractivity contribution in [2.45, 2.75) is 45.7 Å². The second-order valence-corrected chi connectivity index (χ2v) is 8.70. The van der Waals surface area contributed by atoms with Crippen LogP contribution in [0, 0.1) is 17.0 Å². The fourth-order valence-corrected chi connectivity index (χ4v) is 4.27. The average Bonchev–Trinajstić information content (AvgIpc) is 2.96. The Bertz CT molecular complexity index is 1360. The Balaban J connectivity index is 1.73. The second-order valence-electron chi connectivity index (χ2n) is 8.70. The number of fused-ring (bicyclic) bond motifs is 1. The lowest BCUT2D eigenvalue weighted by molar-refractivity contribution is -0.384. The Morgan fingerprint density at radius 3 is 2.39 bits per heavy atom. The van der Waals surface area contributed by atoms with E-state index in [0.29, 0.717) is 22.1 Å². The van der Waals surface area contributed by atoms with Gasteiger partial charge in [-0.25, -0.2) is 9.59 Å². The number of carbonyl (C=O) groups is 2. The molecule has 1 fully saturated rings. The van der Waals surface area contributed by atoms with Gasteiger partial charge in [0, 0.05) is 23.6 Å². The summed E-state index contributed by atoms with van der Waals surface area (Å²) in [5, 5.41) is 14.3. The number of nitrogens with one attached hydrogen (secondary N) is 1. The van der Waals surface area contributed by atoms with Gasteiger partial charge < -0.3 is 9.73 Å². The van der Waals surface area contributed by atoms with Gasteiger partial charge in [-0.3, -0.25) is 19.8 Å². The molecule has 0 spiro atoms. The molecule has 4 rings (SSSR count). The number of nitrogens with zero attached hydrogens (tertiary/aromatic N) is 2. The van der Waals surface area contributed by atoms with Crippen LogP contribution in [0.15, 0.2) is 51.7 Å². The molecule has 3 amide bonds. The van der Waals surface area contributed by atoms with Crippen LogP contribution in [0.1, 0.15) is 48.9 Å². The molecule has 9 heteroatoms. The normalized spacial score (nSPS) is 18.3. The fraction of sp³-hybridized carbons (Fsp3) is 0.292. The number of aryl methyl sites for hydroxylation is 1. The standard InChI is InChI=1S/C24H23N3O6/c1-13(2)18-11-19-15(10-21(28)33-20(19)9-14(18)3)12-26-22(29)24(4,25-23(26)30)16-5-7-17(8-6-16)27(31)32/h5-11,13H,12H2,1-4H3,(H,25,30). The molecule has 2 heterocycles. The summed E-state index contributed by atoms with van der Waals surface area (Å²) >= 11 is 0. The summed E-state index contributed by atoms with van der Waals surface area (Å²) in [6.45, 7) is 7.48. The number of carbonyl (C=O) groups excluding carboxylic acids is 2. The van der Waals surface area contributed by atoms with Gasteiger partial charge in [0.05, 0.1) is 11.5 Å². The maximum absolute atomic E-state index is 13.3. The minimum Gasteiger partial charge on any atom is -0.423 e. The van der Waals surface area contributed by atoms with Crippen molar-refractivity contribution < 1.29 is 18.9 Å². The van der Waals surface area contributed by atoms with Crippen LogP contribution in [0.3, 0.4) is 0 Å². The molecule has 3 aromatic rings. The number of non-ortho nitro benzene ring substituents is 1. The van der Waals surface area contributed by atoms with Crippen LogP contribution in [0.4, 0.5) is 10.5 Å². The number of benzene rings is 2. The molecule has 1 unspecified atom stereocenters. The first-order chi connectivity index (χ1) is 15.5. The summed E-state index contributed by atoms with van der Waals surface area (Å²) in [6.07, 6.45) is 0. The van der Waals surface area contributed by atoms with Gasteiger partial charge in [-0.2, -0.15) is 0 Å². The van der Waals surface area contributed by atoms with Crippen molar-refractivity contribution in [2.75, 3.05) is 0 Å². The highest BCUT2D eigenvalue weighted by Gasteiger charge is 2.49. The molecular formula is C24H23N3O6. The van der Waals surface area contributed by atoms with E-state index in [2.05, 4.69) is 19.2 Å². The van der Waals surface area contributed by atoms with E-state index < -0.39 is 28.0 Å². The third-order valence-corrected chi connectivity index (χ3v) is 6.10. The first-order valence-electron chi connectivity index (χ1n) is 10.5. The Hall–Kier alpha value is -4.01. The van der Waals surface area contributed by atoms with Gasteiger partial charge in [-0.1, -0.05) is 13.8 Å². The number of nitro groups is 1. The molecule has 170 valence electrons. The summed E-state index contributed by atoms with van der Waals surface area (Å²) in [4.78, 5) is 49.7. The zero-order valence-electron chi connectivity index (χ0n) is 18.7. The molecule has 1 aliphatic heterocycles. The Morgan fingerprint density at radius 1 is 1.12 bits per heavy atom. The minimum atomic E-state index is -1.39. The zero-order valence-corrected chi connectivity index (χ0v) is 18.7. The molecule has 0 aliphatic carbocycles. The van der Waals surface area contributed by atoms with Crippen molar-refractivity contribution >= 4 is 28.6 Å². The summed E-state index contributed by atoms with van der Waals surface area (Å²) in [6, 6.07) is 9.88. The first kappa shape index (κ1) is 22.2. The van der Waals surface area contributed by atoms with Crippen LogP contribution in [0.5, 0.6) is 0 Å². The van der Waals surface area contributed by atoms with Crippen molar-refractivity contribution in [3.63, 3.8) is 0 Å². The van der Waals surface area contributed by atoms with Crippen LogP contribution < -0.4 is 10.9 Å². The molecule has 0 bridgehead atoms. The highest BCUT2D eigenvalue weighted by Crippen LogP contribution is 2.32. The van der Waals surface area contributed by atoms with E-state index in [1.54, 1.807) is 13.0 Å². The maximum atomic E-state index is 13.3. The lowest BCUT2D eigenvalue weighted by atomic mass is 9.91. The maximum Gasteiger partial charge on any atom is 0.336 e. The van der Waals surface area contributed by atoms with Gasteiger partial charge in [0.25, 0.3) is 11.6 Å². The number of hydrogen-bond acceptors (Lipinski definition) is 6. The van der Waals surface area contributed by atoms with E-state index in [1.165, 1.54) is 30.3 Å². The predicted octanol–water partition coefficient (Wildman–Crippen LogP) is 4.10. The van der Waals surface area contributed by atoms with E-state index in [9.17, 15) is 24.5 Å². The Kier molecular flexibility index (Phi) is 5.27. The minimum absolute atomic E-state index is 0.115. The molecule has 2 aromatic carbocycles. The summed E-state index contributed by atoms with van der Waals surface area (Å²) in [7, 11) is 0. The first-order valence-corrected chi connectivity index (χ1v) is 10.5. The van der Waals surface area contributed by atoms with E-state index >= 15 is 0 Å². The van der Waals surface area contributed by atoms with Gasteiger partial charge in [0.2, 0.25) is 0 Å². The van der Waals surface area contributed by atoms with Gasteiger partial charge in [-0.05, 0) is 66.3 Å². The van der Waals surface area contributed by atoms with Gasteiger partial charge in [0.1, 0.15) is 11.1 Å². The molecule has 0 radical (unpaired) electrons. The molecule has 9 nitrogen and oxygen atoms in total. The molecule has 0 saturated carbocycles. The Labute approximate surface area is 189 Å². The van der Waals surface area contributed by atoms with Crippen LogP contribution in [-0.2, 0) is 16.9 Å². The van der Waals surface area contributed by atoms with Crippen LogP contribution in [0.25, 0.3) is 11.0 Å². The summed E-state index contributed by atoms with van der Waals surface area (Å²) in [5.74, 6) is -0.282. The molecule has 1 N–H and O–H groups in total. The average molecular weight is 449 g/mol.